The highest BCUT2D eigenvalue weighted by molar-refractivity contribution is 9.10. The highest BCUT2D eigenvalue weighted by Gasteiger charge is 2.12. The van der Waals surface area contributed by atoms with Crippen LogP contribution >= 0.6 is 27.5 Å². The van der Waals surface area contributed by atoms with Crippen LogP contribution in [0.3, 0.4) is 0 Å². The van der Waals surface area contributed by atoms with Gasteiger partial charge < -0.3 is 9.47 Å². The second kappa shape index (κ2) is 10.9. The zero-order valence-electron chi connectivity index (χ0n) is 17.4. The van der Waals surface area contributed by atoms with E-state index in [1.807, 2.05) is 26.0 Å². The predicted molar refractivity (Wildman–Crippen MR) is 128 cm³/mol. The Morgan fingerprint density at radius 2 is 1.81 bits per heavy atom. The molecule has 0 saturated carbocycles. The third kappa shape index (κ3) is 6.42. The molecule has 1 N–H and O–H groups in total. The van der Waals surface area contributed by atoms with Crippen LogP contribution in [0.15, 0.2) is 70.2 Å². The van der Waals surface area contributed by atoms with Crippen LogP contribution in [0.4, 0.5) is 0 Å². The van der Waals surface area contributed by atoms with Crippen molar-refractivity contribution in [1.82, 2.24) is 5.43 Å². The lowest BCUT2D eigenvalue weighted by molar-refractivity contribution is -0.123. The van der Waals surface area contributed by atoms with E-state index < -0.39 is 11.9 Å². The number of ether oxygens (including phenoxy) is 2. The molecule has 0 spiro atoms. The Morgan fingerprint density at radius 1 is 1.09 bits per heavy atom. The number of hydrazone groups is 1. The van der Waals surface area contributed by atoms with Gasteiger partial charge in [-0.2, -0.15) is 5.10 Å². The van der Waals surface area contributed by atoms with E-state index in [0.717, 1.165) is 15.6 Å². The van der Waals surface area contributed by atoms with Crippen LogP contribution in [0.1, 0.15) is 27.0 Å². The third-order valence-corrected chi connectivity index (χ3v) is 5.23. The van der Waals surface area contributed by atoms with Crippen molar-refractivity contribution in [3.8, 4) is 11.5 Å². The summed E-state index contributed by atoms with van der Waals surface area (Å²) >= 11 is 9.45. The Morgan fingerprint density at radius 3 is 2.50 bits per heavy atom. The van der Waals surface area contributed by atoms with Gasteiger partial charge in [0.1, 0.15) is 11.5 Å². The molecule has 0 fully saturated rings. The number of hydrogen-bond acceptors (Lipinski definition) is 5. The first-order chi connectivity index (χ1) is 15.3. The van der Waals surface area contributed by atoms with Crippen molar-refractivity contribution in [3.63, 3.8) is 0 Å². The normalized spacial score (nSPS) is 10.8. The molecule has 0 aliphatic heterocycles. The van der Waals surface area contributed by atoms with Crippen LogP contribution < -0.4 is 14.9 Å². The lowest BCUT2D eigenvalue weighted by Crippen LogP contribution is -2.24. The van der Waals surface area contributed by atoms with Gasteiger partial charge in [-0.05, 0) is 88.9 Å². The maximum absolute atomic E-state index is 12.2. The van der Waals surface area contributed by atoms with Gasteiger partial charge in [0.25, 0.3) is 5.91 Å². The van der Waals surface area contributed by atoms with Crippen LogP contribution in [-0.4, -0.2) is 24.7 Å². The second-order valence-electron chi connectivity index (χ2n) is 6.91. The van der Waals surface area contributed by atoms with E-state index in [1.54, 1.807) is 48.5 Å². The van der Waals surface area contributed by atoms with E-state index in [2.05, 4.69) is 26.5 Å². The number of halogens is 2. The van der Waals surface area contributed by atoms with Crippen molar-refractivity contribution >= 4 is 45.6 Å². The molecule has 0 saturated heterocycles. The maximum atomic E-state index is 12.2. The fraction of sp³-hybridized carbons (Fsp3) is 0.125. The molecule has 0 unspecified atom stereocenters. The standard InChI is InChI=1S/C24H20BrClN2O4/c1-15-11-16(2)23(20(25)12-15)31-14-22(29)28-27-13-17-7-9-18(10-8-17)32-24(30)19-5-3-4-6-21(19)26/h3-13H,14H2,1-2H3,(H,28,29)/b27-13-. The van der Waals surface area contributed by atoms with Crippen LogP contribution in [0.25, 0.3) is 0 Å². The van der Waals surface area contributed by atoms with Crippen molar-refractivity contribution in [2.24, 2.45) is 5.10 Å². The summed E-state index contributed by atoms with van der Waals surface area (Å²) < 4.78 is 11.7. The number of carbonyl (C=O) groups excluding carboxylic acids is 2. The molecule has 32 heavy (non-hydrogen) atoms. The zero-order chi connectivity index (χ0) is 23.1. The first-order valence-electron chi connectivity index (χ1n) is 9.61. The Kier molecular flexibility index (Phi) is 8.03. The topological polar surface area (TPSA) is 77.0 Å². The van der Waals surface area contributed by atoms with E-state index >= 15 is 0 Å². The highest BCUT2D eigenvalue weighted by Crippen LogP contribution is 2.30. The van der Waals surface area contributed by atoms with Crippen LogP contribution in [-0.2, 0) is 4.79 Å². The SMILES string of the molecule is Cc1cc(C)c(OCC(=O)N/N=C\c2ccc(OC(=O)c3ccccc3Cl)cc2)c(Br)c1. The molecular weight excluding hydrogens is 496 g/mol. The molecule has 3 aromatic rings. The van der Waals surface area contributed by atoms with E-state index in [0.29, 0.717) is 22.1 Å². The predicted octanol–water partition coefficient (Wildman–Crippen LogP) is 5.47. The van der Waals surface area contributed by atoms with E-state index in [9.17, 15) is 9.59 Å². The lowest BCUT2D eigenvalue weighted by atomic mass is 10.1. The summed E-state index contributed by atoms with van der Waals surface area (Å²) in [7, 11) is 0. The summed E-state index contributed by atoms with van der Waals surface area (Å²) in [6, 6.07) is 17.2. The van der Waals surface area contributed by atoms with Crippen molar-refractivity contribution < 1.29 is 19.1 Å². The maximum Gasteiger partial charge on any atom is 0.345 e. The fourth-order valence-corrected chi connectivity index (χ4v) is 3.85. The number of aryl methyl sites for hydroxylation is 2. The second-order valence-corrected chi connectivity index (χ2v) is 8.17. The summed E-state index contributed by atoms with van der Waals surface area (Å²) in [4.78, 5) is 24.2. The van der Waals surface area contributed by atoms with Crippen molar-refractivity contribution in [1.29, 1.82) is 0 Å². The molecule has 164 valence electrons. The molecule has 1 amide bonds. The van der Waals surface area contributed by atoms with Crippen LogP contribution in [0, 0.1) is 13.8 Å². The van der Waals surface area contributed by atoms with Gasteiger partial charge in [0.2, 0.25) is 0 Å². The Bertz CT molecular complexity index is 1140. The van der Waals surface area contributed by atoms with Gasteiger partial charge in [-0.3, -0.25) is 4.79 Å². The van der Waals surface area contributed by atoms with Crippen molar-refractivity contribution in [2.75, 3.05) is 6.61 Å². The summed E-state index contributed by atoms with van der Waals surface area (Å²) in [5.74, 6) is 0.0540. The molecule has 0 radical (unpaired) electrons. The molecule has 3 aromatic carbocycles. The number of nitrogens with zero attached hydrogens (tertiary/aromatic N) is 1. The molecule has 0 atom stereocenters. The van der Waals surface area contributed by atoms with E-state index in [-0.39, 0.29) is 12.2 Å². The molecule has 0 aromatic heterocycles. The van der Waals surface area contributed by atoms with Crippen LogP contribution in [0.2, 0.25) is 5.02 Å². The minimum Gasteiger partial charge on any atom is -0.482 e. The molecular formula is C24H20BrClN2O4. The smallest absolute Gasteiger partial charge is 0.345 e. The third-order valence-electron chi connectivity index (χ3n) is 4.31. The average Bonchev–Trinajstić information content (AvgIpc) is 2.74. The minimum atomic E-state index is -0.542. The van der Waals surface area contributed by atoms with Gasteiger partial charge >= 0.3 is 5.97 Å². The zero-order valence-corrected chi connectivity index (χ0v) is 19.7. The summed E-state index contributed by atoms with van der Waals surface area (Å²) in [5, 5.41) is 4.25. The number of nitrogens with one attached hydrogen (secondary N) is 1. The minimum absolute atomic E-state index is 0.170. The van der Waals surface area contributed by atoms with Gasteiger partial charge in [-0.1, -0.05) is 29.8 Å². The summed E-state index contributed by atoms with van der Waals surface area (Å²) in [5.41, 5.74) is 5.45. The van der Waals surface area contributed by atoms with Crippen molar-refractivity contribution in [2.45, 2.75) is 13.8 Å². The van der Waals surface area contributed by atoms with Crippen LogP contribution in [0.5, 0.6) is 11.5 Å². The quantitative estimate of drug-likeness (QED) is 0.196. The van der Waals surface area contributed by atoms with Gasteiger partial charge in [0.05, 0.1) is 21.3 Å². The largest absolute Gasteiger partial charge is 0.482 e. The molecule has 0 bridgehead atoms. The molecule has 0 aliphatic carbocycles. The Hall–Kier alpha value is -3.16. The molecule has 6 nitrogen and oxygen atoms in total. The van der Waals surface area contributed by atoms with E-state index in [4.69, 9.17) is 21.1 Å². The number of hydrogen-bond donors (Lipinski definition) is 1. The lowest BCUT2D eigenvalue weighted by Gasteiger charge is -2.11. The fourth-order valence-electron chi connectivity index (χ4n) is 2.84. The summed E-state index contributed by atoms with van der Waals surface area (Å²) in [6.07, 6.45) is 1.48. The van der Waals surface area contributed by atoms with E-state index in [1.165, 1.54) is 6.21 Å². The summed E-state index contributed by atoms with van der Waals surface area (Å²) in [6.45, 7) is 3.73. The first-order valence-corrected chi connectivity index (χ1v) is 10.8. The number of esters is 1. The van der Waals surface area contributed by atoms with Gasteiger partial charge in [0, 0.05) is 0 Å². The highest BCUT2D eigenvalue weighted by atomic mass is 79.9. The van der Waals surface area contributed by atoms with Gasteiger partial charge in [-0.15, -0.1) is 0 Å². The Balaban J connectivity index is 1.50. The number of benzene rings is 3. The molecule has 8 heteroatoms. The molecule has 0 aliphatic rings. The van der Waals surface area contributed by atoms with Crippen molar-refractivity contribution in [3.05, 3.63) is 92.4 Å². The Labute approximate surface area is 199 Å². The number of amides is 1. The van der Waals surface area contributed by atoms with Gasteiger partial charge in [0.15, 0.2) is 6.61 Å². The number of rotatable bonds is 7. The first kappa shape index (κ1) is 23.5. The molecule has 0 heterocycles. The average molecular weight is 516 g/mol. The number of carbonyl (C=O) groups is 2. The van der Waals surface area contributed by atoms with Gasteiger partial charge in [-0.25, -0.2) is 10.2 Å². The monoisotopic (exact) mass is 514 g/mol. The molecule has 3 rings (SSSR count).